The molecule has 7 heteroatoms. The van der Waals surface area contributed by atoms with Gasteiger partial charge in [0.15, 0.2) is 0 Å². The normalized spacial score (nSPS) is 15.1. The number of amides is 2. The van der Waals surface area contributed by atoms with Gasteiger partial charge in [-0.15, -0.1) is 0 Å². The van der Waals surface area contributed by atoms with E-state index < -0.39 is 0 Å². The van der Waals surface area contributed by atoms with E-state index in [1.807, 2.05) is 26.8 Å². The third kappa shape index (κ3) is 6.25. The number of anilines is 2. The molecule has 2 heterocycles. The predicted molar refractivity (Wildman–Crippen MR) is 97.6 cm³/mol. The Balaban J connectivity index is 1.78. The van der Waals surface area contributed by atoms with Crippen molar-refractivity contribution in [3.05, 3.63) is 18.3 Å². The van der Waals surface area contributed by atoms with Gasteiger partial charge in [0.25, 0.3) is 0 Å². The van der Waals surface area contributed by atoms with Crippen LogP contribution in [0.4, 0.5) is 16.3 Å². The number of ether oxygens (including phenoxy) is 1. The zero-order valence-electron chi connectivity index (χ0n) is 15.2. The van der Waals surface area contributed by atoms with Gasteiger partial charge < -0.3 is 20.3 Å². The summed E-state index contributed by atoms with van der Waals surface area (Å²) in [5.74, 6) is 0.865. The number of nitrogens with one attached hydrogen (secondary N) is 2. The molecule has 7 nitrogen and oxygen atoms in total. The standard InChI is InChI=1S/C18H28N4O3/c1-4-25-18(24)22-9-7-14(8-10-22)20-15-5-6-16(19-12-15)21-17(23)11-13(2)3/h5-6,12-14,20H,4,7-11H2,1-3H3,(H,19,21,23). The Morgan fingerprint density at radius 2 is 2.04 bits per heavy atom. The quantitative estimate of drug-likeness (QED) is 0.825. The highest BCUT2D eigenvalue weighted by Crippen LogP contribution is 2.18. The Hall–Kier alpha value is -2.31. The van der Waals surface area contributed by atoms with Crippen LogP contribution in [0.2, 0.25) is 0 Å². The van der Waals surface area contributed by atoms with Crippen molar-refractivity contribution in [1.82, 2.24) is 9.88 Å². The molecule has 2 rings (SSSR count). The number of carbonyl (C=O) groups is 2. The molecule has 0 aliphatic carbocycles. The Morgan fingerprint density at radius 3 is 2.60 bits per heavy atom. The maximum Gasteiger partial charge on any atom is 0.409 e. The summed E-state index contributed by atoms with van der Waals surface area (Å²) in [6, 6.07) is 4.01. The number of aromatic nitrogens is 1. The number of hydrogen-bond acceptors (Lipinski definition) is 5. The van der Waals surface area contributed by atoms with Gasteiger partial charge in [-0.05, 0) is 37.8 Å². The van der Waals surface area contributed by atoms with Crippen molar-refractivity contribution in [2.24, 2.45) is 5.92 Å². The monoisotopic (exact) mass is 348 g/mol. The fraction of sp³-hybridized carbons (Fsp3) is 0.611. The minimum Gasteiger partial charge on any atom is -0.450 e. The summed E-state index contributed by atoms with van der Waals surface area (Å²) < 4.78 is 5.03. The molecule has 25 heavy (non-hydrogen) atoms. The van der Waals surface area contributed by atoms with E-state index in [0.29, 0.717) is 43.9 Å². The van der Waals surface area contributed by atoms with Crippen molar-refractivity contribution >= 4 is 23.5 Å². The molecule has 2 amide bonds. The second kappa shape index (κ2) is 9.25. The first-order valence-corrected chi connectivity index (χ1v) is 8.92. The van der Waals surface area contributed by atoms with Gasteiger partial charge in [0, 0.05) is 25.6 Å². The Kier molecular flexibility index (Phi) is 7.03. The maximum atomic E-state index is 11.7. The van der Waals surface area contributed by atoms with E-state index in [0.717, 1.165) is 18.5 Å². The highest BCUT2D eigenvalue weighted by atomic mass is 16.6. The highest BCUT2D eigenvalue weighted by Gasteiger charge is 2.23. The molecule has 1 fully saturated rings. The average Bonchev–Trinajstić information content (AvgIpc) is 2.57. The van der Waals surface area contributed by atoms with Crippen molar-refractivity contribution < 1.29 is 14.3 Å². The molecule has 0 aromatic carbocycles. The van der Waals surface area contributed by atoms with Gasteiger partial charge in [-0.3, -0.25) is 4.79 Å². The van der Waals surface area contributed by atoms with E-state index in [4.69, 9.17) is 4.74 Å². The van der Waals surface area contributed by atoms with Gasteiger partial charge in [-0.25, -0.2) is 9.78 Å². The lowest BCUT2D eigenvalue weighted by Crippen LogP contribution is -2.42. The van der Waals surface area contributed by atoms with Gasteiger partial charge in [-0.2, -0.15) is 0 Å². The molecular weight excluding hydrogens is 320 g/mol. The molecule has 1 aliphatic heterocycles. The van der Waals surface area contributed by atoms with Gasteiger partial charge >= 0.3 is 6.09 Å². The third-order valence-electron chi connectivity index (χ3n) is 4.02. The molecular formula is C18H28N4O3. The molecule has 0 saturated carbocycles. The van der Waals surface area contributed by atoms with Crippen LogP contribution in [0, 0.1) is 5.92 Å². The van der Waals surface area contributed by atoms with Crippen molar-refractivity contribution in [2.75, 3.05) is 30.3 Å². The molecule has 0 spiro atoms. The van der Waals surface area contributed by atoms with Crippen LogP contribution in [-0.2, 0) is 9.53 Å². The van der Waals surface area contributed by atoms with Crippen molar-refractivity contribution in [1.29, 1.82) is 0 Å². The second-order valence-electron chi connectivity index (χ2n) is 6.68. The largest absolute Gasteiger partial charge is 0.450 e. The van der Waals surface area contributed by atoms with Crippen LogP contribution < -0.4 is 10.6 Å². The minimum absolute atomic E-state index is 0.0189. The number of nitrogens with zero attached hydrogens (tertiary/aromatic N) is 2. The van der Waals surface area contributed by atoms with E-state index in [2.05, 4.69) is 15.6 Å². The SMILES string of the molecule is CCOC(=O)N1CCC(Nc2ccc(NC(=O)CC(C)C)nc2)CC1. The first-order valence-electron chi connectivity index (χ1n) is 8.92. The fourth-order valence-corrected chi connectivity index (χ4v) is 2.77. The molecule has 0 unspecified atom stereocenters. The molecule has 0 bridgehead atoms. The summed E-state index contributed by atoms with van der Waals surface area (Å²) in [7, 11) is 0. The molecule has 1 aliphatic rings. The summed E-state index contributed by atoms with van der Waals surface area (Å²) in [5.41, 5.74) is 0.913. The Morgan fingerprint density at radius 1 is 1.32 bits per heavy atom. The first-order chi connectivity index (χ1) is 12.0. The van der Waals surface area contributed by atoms with E-state index >= 15 is 0 Å². The van der Waals surface area contributed by atoms with Gasteiger partial charge in [-0.1, -0.05) is 13.8 Å². The van der Waals surface area contributed by atoms with Crippen molar-refractivity contribution in [3.8, 4) is 0 Å². The number of likely N-dealkylation sites (tertiary alicyclic amines) is 1. The molecule has 0 radical (unpaired) electrons. The van der Waals surface area contributed by atoms with Crippen LogP contribution >= 0.6 is 0 Å². The Bertz CT molecular complexity index is 566. The van der Waals surface area contributed by atoms with Crippen LogP contribution in [-0.4, -0.2) is 47.6 Å². The number of pyridine rings is 1. The van der Waals surface area contributed by atoms with Gasteiger partial charge in [0.1, 0.15) is 5.82 Å². The lowest BCUT2D eigenvalue weighted by molar-refractivity contribution is -0.116. The van der Waals surface area contributed by atoms with Crippen molar-refractivity contribution in [2.45, 2.75) is 46.1 Å². The van der Waals surface area contributed by atoms with E-state index in [9.17, 15) is 9.59 Å². The number of carbonyl (C=O) groups excluding carboxylic acids is 2. The van der Waals surface area contributed by atoms with Gasteiger partial charge in [0.05, 0.1) is 18.5 Å². The van der Waals surface area contributed by atoms with E-state index in [1.54, 1.807) is 17.2 Å². The summed E-state index contributed by atoms with van der Waals surface area (Å²) in [5, 5.41) is 6.23. The number of hydrogen-bond donors (Lipinski definition) is 2. The van der Waals surface area contributed by atoms with E-state index in [-0.39, 0.29) is 12.0 Å². The minimum atomic E-state index is -0.232. The summed E-state index contributed by atoms with van der Waals surface area (Å²) in [4.78, 5) is 29.5. The molecule has 138 valence electrons. The lowest BCUT2D eigenvalue weighted by Gasteiger charge is -2.32. The topological polar surface area (TPSA) is 83.6 Å². The zero-order valence-corrected chi connectivity index (χ0v) is 15.2. The molecule has 2 N–H and O–H groups in total. The molecule has 1 aromatic heterocycles. The smallest absolute Gasteiger partial charge is 0.409 e. The summed E-state index contributed by atoms with van der Waals surface area (Å²) >= 11 is 0. The van der Waals surface area contributed by atoms with Crippen LogP contribution in [0.3, 0.4) is 0 Å². The molecule has 1 saturated heterocycles. The Labute approximate surface area is 149 Å². The predicted octanol–water partition coefficient (Wildman–Crippen LogP) is 3.10. The van der Waals surface area contributed by atoms with Crippen molar-refractivity contribution in [3.63, 3.8) is 0 Å². The van der Waals surface area contributed by atoms with Crippen LogP contribution in [0.15, 0.2) is 18.3 Å². The lowest BCUT2D eigenvalue weighted by atomic mass is 10.1. The second-order valence-corrected chi connectivity index (χ2v) is 6.68. The maximum absolute atomic E-state index is 11.7. The molecule has 1 aromatic rings. The number of rotatable bonds is 6. The van der Waals surface area contributed by atoms with Crippen LogP contribution in [0.25, 0.3) is 0 Å². The van der Waals surface area contributed by atoms with Gasteiger partial charge in [0.2, 0.25) is 5.91 Å². The number of piperidine rings is 1. The highest BCUT2D eigenvalue weighted by molar-refractivity contribution is 5.89. The summed E-state index contributed by atoms with van der Waals surface area (Å²) in [6.07, 6.45) is 3.71. The third-order valence-corrected chi connectivity index (χ3v) is 4.02. The fourth-order valence-electron chi connectivity index (χ4n) is 2.77. The average molecular weight is 348 g/mol. The first kappa shape index (κ1) is 19.0. The van der Waals surface area contributed by atoms with E-state index in [1.165, 1.54) is 0 Å². The molecule has 0 atom stereocenters. The van der Waals surface area contributed by atoms with Crippen LogP contribution in [0.5, 0.6) is 0 Å². The summed E-state index contributed by atoms with van der Waals surface area (Å²) in [6.45, 7) is 7.61. The van der Waals surface area contributed by atoms with Crippen LogP contribution in [0.1, 0.15) is 40.0 Å². The zero-order chi connectivity index (χ0) is 18.2.